The van der Waals surface area contributed by atoms with E-state index in [1.54, 1.807) is 0 Å². The Kier molecular flexibility index (Phi) is 5.92. The third-order valence-corrected chi connectivity index (χ3v) is 6.91. The molecule has 1 aliphatic carbocycles. The molecule has 0 aromatic heterocycles. The number of likely N-dealkylation sites (tertiary alicyclic amines) is 1. The Morgan fingerprint density at radius 2 is 1.71 bits per heavy atom. The van der Waals surface area contributed by atoms with Crippen LogP contribution in [0, 0.1) is 5.92 Å². The summed E-state index contributed by atoms with van der Waals surface area (Å²) in [5.41, 5.74) is 4.30. The van der Waals surface area contributed by atoms with Gasteiger partial charge in [-0.2, -0.15) is 0 Å². The minimum atomic E-state index is -3.53. The van der Waals surface area contributed by atoms with Crippen LogP contribution in [-0.4, -0.2) is 72.3 Å². The number of alkyl carbamates (subject to hydrolysis) is 1. The predicted molar refractivity (Wildman–Crippen MR) is 119 cm³/mol. The van der Waals surface area contributed by atoms with Crippen LogP contribution >= 0.6 is 0 Å². The minimum absolute atomic E-state index is 0.0880. The van der Waals surface area contributed by atoms with E-state index >= 15 is 0 Å². The number of carbonyl (C=O) groups excluding carboxylic acids is 2. The second-order valence-electron chi connectivity index (χ2n) is 9.03. The van der Waals surface area contributed by atoms with Crippen molar-refractivity contribution in [3.05, 3.63) is 59.7 Å². The highest BCUT2D eigenvalue weighted by atomic mass is 19.3. The van der Waals surface area contributed by atoms with Gasteiger partial charge in [-0.25, -0.2) is 13.6 Å². The van der Waals surface area contributed by atoms with Gasteiger partial charge in [0.1, 0.15) is 12.5 Å². The molecule has 0 bridgehead atoms. The molecular formula is C25H24F2N2O6. The van der Waals surface area contributed by atoms with E-state index < -0.39 is 55.0 Å². The molecule has 2 aromatic rings. The van der Waals surface area contributed by atoms with E-state index in [0.717, 1.165) is 27.2 Å². The SMILES string of the molecule is O=C(NC1CCOC1C(=O)N1CC(C(=O)O)C(F)(F)C1)OCC1c2ccccc2-c2ccccc21. The molecular weight excluding hydrogens is 462 g/mol. The summed E-state index contributed by atoms with van der Waals surface area (Å²) in [7, 11) is 0. The molecule has 2 aromatic carbocycles. The van der Waals surface area contributed by atoms with E-state index in [4.69, 9.17) is 14.6 Å². The van der Waals surface area contributed by atoms with Gasteiger partial charge in [0.25, 0.3) is 11.8 Å². The van der Waals surface area contributed by atoms with Crippen molar-refractivity contribution in [2.24, 2.45) is 5.92 Å². The number of ether oxygens (including phenoxy) is 2. The summed E-state index contributed by atoms with van der Waals surface area (Å²) in [6, 6.07) is 15.1. The minimum Gasteiger partial charge on any atom is -0.481 e. The second kappa shape index (κ2) is 8.92. The third kappa shape index (κ3) is 4.22. The molecule has 3 atom stereocenters. The van der Waals surface area contributed by atoms with E-state index in [2.05, 4.69) is 5.32 Å². The van der Waals surface area contributed by atoms with Gasteiger partial charge in [-0.3, -0.25) is 9.59 Å². The van der Waals surface area contributed by atoms with Crippen LogP contribution < -0.4 is 5.32 Å². The number of amides is 2. The molecule has 3 unspecified atom stereocenters. The highest BCUT2D eigenvalue weighted by molar-refractivity contribution is 5.85. The monoisotopic (exact) mass is 486 g/mol. The van der Waals surface area contributed by atoms with Crippen LogP contribution in [0.2, 0.25) is 0 Å². The molecule has 0 saturated carbocycles. The summed E-state index contributed by atoms with van der Waals surface area (Å²) in [6.45, 7) is -1.37. The molecule has 2 N–H and O–H groups in total. The Morgan fingerprint density at radius 3 is 2.31 bits per heavy atom. The van der Waals surface area contributed by atoms with Crippen LogP contribution in [-0.2, 0) is 19.1 Å². The first-order valence-electron chi connectivity index (χ1n) is 11.4. The molecule has 10 heteroatoms. The van der Waals surface area contributed by atoms with Crippen molar-refractivity contribution < 1.29 is 37.7 Å². The first kappa shape index (κ1) is 23.2. The van der Waals surface area contributed by atoms with Gasteiger partial charge in [-0.1, -0.05) is 48.5 Å². The van der Waals surface area contributed by atoms with Crippen molar-refractivity contribution in [2.75, 3.05) is 26.3 Å². The number of carboxylic acids is 1. The quantitative estimate of drug-likeness (QED) is 0.674. The van der Waals surface area contributed by atoms with Gasteiger partial charge in [0, 0.05) is 19.1 Å². The molecule has 2 aliphatic heterocycles. The van der Waals surface area contributed by atoms with Crippen LogP contribution in [0.3, 0.4) is 0 Å². The molecule has 5 rings (SSSR count). The summed E-state index contributed by atoms with van der Waals surface area (Å²) in [5, 5.41) is 11.7. The molecule has 2 saturated heterocycles. The number of carbonyl (C=O) groups is 3. The van der Waals surface area contributed by atoms with Gasteiger partial charge >= 0.3 is 12.1 Å². The fourth-order valence-corrected chi connectivity index (χ4v) is 5.16. The fourth-order valence-electron chi connectivity index (χ4n) is 5.16. The third-order valence-electron chi connectivity index (χ3n) is 6.91. The number of aliphatic carboxylic acids is 1. The highest BCUT2D eigenvalue weighted by Crippen LogP contribution is 2.44. The first-order valence-corrected chi connectivity index (χ1v) is 11.4. The Balaban J connectivity index is 1.21. The average molecular weight is 486 g/mol. The molecule has 0 spiro atoms. The van der Waals surface area contributed by atoms with Crippen LogP contribution in [0.4, 0.5) is 13.6 Å². The summed E-state index contributed by atoms with van der Waals surface area (Å²) < 4.78 is 39.0. The van der Waals surface area contributed by atoms with Crippen LogP contribution in [0.15, 0.2) is 48.5 Å². The largest absolute Gasteiger partial charge is 0.481 e. The lowest BCUT2D eigenvalue weighted by atomic mass is 9.98. The van der Waals surface area contributed by atoms with Gasteiger partial charge < -0.3 is 24.8 Å². The Hall–Kier alpha value is -3.53. The highest BCUT2D eigenvalue weighted by Gasteiger charge is 2.55. The number of nitrogens with zero attached hydrogens (tertiary/aromatic N) is 1. The van der Waals surface area contributed by atoms with E-state index in [1.165, 1.54) is 0 Å². The summed E-state index contributed by atoms with van der Waals surface area (Å²) in [6.07, 6.45) is -1.62. The normalized spacial score (nSPS) is 24.6. The summed E-state index contributed by atoms with van der Waals surface area (Å²) in [4.78, 5) is 37.3. The van der Waals surface area contributed by atoms with Crippen molar-refractivity contribution in [1.29, 1.82) is 0 Å². The van der Waals surface area contributed by atoms with Crippen molar-refractivity contribution >= 4 is 18.0 Å². The Labute approximate surface area is 199 Å². The smallest absolute Gasteiger partial charge is 0.407 e. The number of benzene rings is 2. The zero-order valence-corrected chi connectivity index (χ0v) is 18.7. The molecule has 2 heterocycles. The average Bonchev–Trinajstić information content (AvgIpc) is 3.51. The number of halogens is 2. The van der Waals surface area contributed by atoms with Crippen molar-refractivity contribution in [1.82, 2.24) is 10.2 Å². The number of carboxylic acid groups (broad SMARTS) is 1. The van der Waals surface area contributed by atoms with Gasteiger partial charge in [0.2, 0.25) is 0 Å². The molecule has 2 amide bonds. The number of hydrogen-bond donors (Lipinski definition) is 2. The summed E-state index contributed by atoms with van der Waals surface area (Å²) >= 11 is 0. The second-order valence-corrected chi connectivity index (χ2v) is 9.03. The van der Waals surface area contributed by atoms with Crippen LogP contribution in [0.5, 0.6) is 0 Å². The van der Waals surface area contributed by atoms with E-state index in [1.807, 2.05) is 48.5 Å². The lowest BCUT2D eigenvalue weighted by molar-refractivity contribution is -0.151. The number of hydrogen-bond acceptors (Lipinski definition) is 5. The topological polar surface area (TPSA) is 105 Å². The van der Waals surface area contributed by atoms with Crippen LogP contribution in [0.25, 0.3) is 11.1 Å². The summed E-state index contributed by atoms with van der Waals surface area (Å²) in [5.74, 6) is -8.07. The zero-order valence-electron chi connectivity index (χ0n) is 18.7. The van der Waals surface area contributed by atoms with E-state index in [0.29, 0.717) is 6.42 Å². The molecule has 184 valence electrons. The van der Waals surface area contributed by atoms with Gasteiger partial charge in [0.15, 0.2) is 6.10 Å². The first-order chi connectivity index (χ1) is 16.8. The van der Waals surface area contributed by atoms with Gasteiger partial charge in [0.05, 0.1) is 12.6 Å². The number of rotatable bonds is 5. The Bertz CT molecular complexity index is 1130. The number of fused-ring (bicyclic) bond motifs is 3. The van der Waals surface area contributed by atoms with Crippen molar-refractivity contribution in [3.63, 3.8) is 0 Å². The number of nitrogens with one attached hydrogen (secondary N) is 1. The number of alkyl halides is 2. The molecule has 35 heavy (non-hydrogen) atoms. The lowest BCUT2D eigenvalue weighted by Gasteiger charge is -2.24. The molecule has 0 radical (unpaired) electrons. The fraction of sp³-hybridized carbons (Fsp3) is 0.400. The van der Waals surface area contributed by atoms with Crippen LogP contribution in [0.1, 0.15) is 23.5 Å². The lowest BCUT2D eigenvalue weighted by Crippen LogP contribution is -2.49. The van der Waals surface area contributed by atoms with Gasteiger partial charge in [-0.15, -0.1) is 0 Å². The van der Waals surface area contributed by atoms with Crippen molar-refractivity contribution in [2.45, 2.75) is 30.4 Å². The van der Waals surface area contributed by atoms with Gasteiger partial charge in [-0.05, 0) is 28.7 Å². The Morgan fingerprint density at radius 1 is 1.09 bits per heavy atom. The van der Waals surface area contributed by atoms with E-state index in [-0.39, 0.29) is 19.1 Å². The standard InChI is InChI=1S/C25H24F2N2O6/c26-25(27)13-29(11-19(25)23(31)32)22(30)21-20(9-10-34-21)28-24(33)35-12-18-16-7-3-1-5-14(16)15-6-2-4-8-17(15)18/h1-8,18-21H,9-13H2,(H,28,33)(H,31,32). The van der Waals surface area contributed by atoms with E-state index in [9.17, 15) is 23.2 Å². The molecule has 8 nitrogen and oxygen atoms in total. The maximum absolute atomic E-state index is 14.0. The predicted octanol–water partition coefficient (Wildman–Crippen LogP) is 2.86. The molecule has 2 fully saturated rings. The maximum Gasteiger partial charge on any atom is 0.407 e. The van der Waals surface area contributed by atoms with Crippen molar-refractivity contribution in [3.8, 4) is 11.1 Å². The molecule has 3 aliphatic rings. The zero-order chi connectivity index (χ0) is 24.7. The maximum atomic E-state index is 14.0.